The number of sulfonamides is 1. The van der Waals surface area contributed by atoms with Gasteiger partial charge in [0.2, 0.25) is 10.0 Å². The monoisotopic (exact) mass is 491 g/mol. The van der Waals surface area contributed by atoms with Gasteiger partial charge in [0.05, 0.1) is 17.7 Å². The summed E-state index contributed by atoms with van der Waals surface area (Å²) in [5.74, 6) is -1.49. The molecule has 0 bridgehead atoms. The molecule has 2 aromatic rings. The van der Waals surface area contributed by atoms with Crippen LogP contribution in [0.15, 0.2) is 47.4 Å². The van der Waals surface area contributed by atoms with Crippen LogP contribution in [-0.2, 0) is 24.3 Å². The van der Waals surface area contributed by atoms with E-state index in [0.29, 0.717) is 24.5 Å². The van der Waals surface area contributed by atoms with Crippen molar-refractivity contribution in [3.8, 4) is 5.75 Å². The molecule has 0 atom stereocenters. The molecule has 2 aromatic carbocycles. The zero-order chi connectivity index (χ0) is 25.3. The topological polar surface area (TPSA) is 131 Å². The van der Waals surface area contributed by atoms with Crippen molar-refractivity contribution in [2.75, 3.05) is 38.7 Å². The zero-order valence-corrected chi connectivity index (χ0v) is 20.4. The van der Waals surface area contributed by atoms with Gasteiger partial charge in [0, 0.05) is 18.7 Å². The third kappa shape index (κ3) is 7.03. The highest BCUT2D eigenvalue weighted by atomic mass is 32.2. The number of rotatable bonds is 11. The van der Waals surface area contributed by atoms with Crippen molar-refractivity contribution in [1.29, 1.82) is 0 Å². The Morgan fingerprint density at radius 3 is 2.24 bits per heavy atom. The van der Waals surface area contributed by atoms with Gasteiger partial charge in [-0.1, -0.05) is 19.9 Å². The predicted molar refractivity (Wildman–Crippen MR) is 126 cm³/mol. The molecule has 2 N–H and O–H groups in total. The normalized spacial score (nSPS) is 11.1. The number of ether oxygens (including phenoxy) is 2. The van der Waals surface area contributed by atoms with Gasteiger partial charge in [-0.25, -0.2) is 8.42 Å². The molecule has 0 fully saturated rings. The van der Waals surface area contributed by atoms with Crippen molar-refractivity contribution in [1.82, 2.24) is 9.62 Å². The average molecular weight is 492 g/mol. The molecule has 2 rings (SSSR count). The number of hydrogen-bond acceptors (Lipinski definition) is 7. The number of hydrogen-bond donors (Lipinski definition) is 2. The van der Waals surface area contributed by atoms with Gasteiger partial charge in [-0.3, -0.25) is 14.4 Å². The molecule has 0 heterocycles. The Kier molecular flexibility index (Phi) is 9.58. The molecular formula is C23H29N3O7S. The third-order valence-electron chi connectivity index (χ3n) is 4.85. The highest BCUT2D eigenvalue weighted by molar-refractivity contribution is 7.89. The lowest BCUT2D eigenvalue weighted by Gasteiger charge is -2.18. The molecule has 0 spiro atoms. The minimum Gasteiger partial charge on any atom is -0.495 e. The molecule has 0 saturated carbocycles. The van der Waals surface area contributed by atoms with E-state index in [1.807, 2.05) is 13.0 Å². The van der Waals surface area contributed by atoms with Crippen LogP contribution in [0.25, 0.3) is 0 Å². The van der Waals surface area contributed by atoms with E-state index in [0.717, 1.165) is 5.56 Å². The predicted octanol–water partition coefficient (Wildman–Crippen LogP) is 1.95. The largest absolute Gasteiger partial charge is 0.495 e. The van der Waals surface area contributed by atoms with Crippen LogP contribution in [0.4, 0.5) is 5.69 Å². The van der Waals surface area contributed by atoms with E-state index in [4.69, 9.17) is 9.47 Å². The second-order valence-electron chi connectivity index (χ2n) is 7.21. The molecule has 0 aliphatic rings. The lowest BCUT2D eigenvalue weighted by molar-refractivity contribution is -0.146. The highest BCUT2D eigenvalue weighted by Gasteiger charge is 2.21. The van der Waals surface area contributed by atoms with Crippen LogP contribution in [0.2, 0.25) is 0 Å². The van der Waals surface area contributed by atoms with Crippen molar-refractivity contribution in [2.24, 2.45) is 0 Å². The fourth-order valence-corrected chi connectivity index (χ4v) is 4.51. The number of esters is 1. The first-order valence-corrected chi connectivity index (χ1v) is 12.0. The van der Waals surface area contributed by atoms with E-state index in [1.54, 1.807) is 26.0 Å². The summed E-state index contributed by atoms with van der Waals surface area (Å²) in [5.41, 5.74) is 1.54. The second kappa shape index (κ2) is 12.1. The Balaban J connectivity index is 1.85. The van der Waals surface area contributed by atoms with Crippen LogP contribution >= 0.6 is 0 Å². The highest BCUT2D eigenvalue weighted by Crippen LogP contribution is 2.25. The van der Waals surface area contributed by atoms with Crippen molar-refractivity contribution >= 4 is 33.5 Å². The van der Waals surface area contributed by atoms with Crippen LogP contribution in [-0.4, -0.2) is 63.9 Å². The lowest BCUT2D eigenvalue weighted by atomic mass is 10.2. The van der Waals surface area contributed by atoms with Crippen molar-refractivity contribution in [2.45, 2.75) is 25.7 Å². The standard InChI is InChI=1S/C23H29N3O7S/c1-5-26(6-2)34(30,31)18-10-8-17(9-11-18)23(29)24-14-22(28)33-15-21(27)25-19-13-16(3)7-12-20(19)32-4/h7-13H,5-6,14-15H2,1-4H3,(H,24,29)(H,25,27). The van der Waals surface area contributed by atoms with E-state index in [-0.39, 0.29) is 10.5 Å². The molecule has 0 aromatic heterocycles. The summed E-state index contributed by atoms with van der Waals surface area (Å²) < 4.78 is 36.4. The number of carbonyl (C=O) groups excluding carboxylic acids is 3. The maximum atomic E-state index is 12.5. The van der Waals surface area contributed by atoms with Gasteiger partial charge >= 0.3 is 5.97 Å². The van der Waals surface area contributed by atoms with Crippen molar-refractivity contribution in [3.63, 3.8) is 0 Å². The van der Waals surface area contributed by atoms with Crippen LogP contribution < -0.4 is 15.4 Å². The van der Waals surface area contributed by atoms with Gasteiger partial charge < -0.3 is 20.1 Å². The number of nitrogens with one attached hydrogen (secondary N) is 2. The Morgan fingerprint density at radius 2 is 1.65 bits per heavy atom. The summed E-state index contributed by atoms with van der Waals surface area (Å²) in [6.45, 7) is 5.01. The van der Waals surface area contributed by atoms with E-state index in [9.17, 15) is 22.8 Å². The fraction of sp³-hybridized carbons (Fsp3) is 0.348. The Labute approximate surface area is 199 Å². The number of aryl methyl sites for hydroxylation is 1. The maximum absolute atomic E-state index is 12.5. The fourth-order valence-electron chi connectivity index (χ4n) is 3.05. The summed E-state index contributed by atoms with van der Waals surface area (Å²) in [6, 6.07) is 10.7. The summed E-state index contributed by atoms with van der Waals surface area (Å²) in [4.78, 5) is 36.3. The molecule has 11 heteroatoms. The number of nitrogens with zero attached hydrogens (tertiary/aromatic N) is 1. The second-order valence-corrected chi connectivity index (χ2v) is 9.15. The van der Waals surface area contributed by atoms with Crippen molar-refractivity contribution < 1.29 is 32.3 Å². The first-order chi connectivity index (χ1) is 16.1. The molecule has 0 aliphatic carbocycles. The van der Waals surface area contributed by atoms with Gasteiger partial charge in [0.25, 0.3) is 11.8 Å². The van der Waals surface area contributed by atoms with E-state index >= 15 is 0 Å². The molecular weight excluding hydrogens is 462 g/mol. The summed E-state index contributed by atoms with van der Waals surface area (Å²) in [7, 11) is -2.16. The van der Waals surface area contributed by atoms with E-state index < -0.39 is 41.0 Å². The summed E-state index contributed by atoms with van der Waals surface area (Å²) in [5, 5.41) is 4.98. The summed E-state index contributed by atoms with van der Waals surface area (Å²) >= 11 is 0. The average Bonchev–Trinajstić information content (AvgIpc) is 2.82. The van der Waals surface area contributed by atoms with Gasteiger partial charge in [0.15, 0.2) is 6.61 Å². The molecule has 0 saturated heterocycles. The zero-order valence-electron chi connectivity index (χ0n) is 19.6. The molecule has 0 aliphatic heterocycles. The first kappa shape index (κ1) is 26.8. The van der Waals surface area contributed by atoms with Gasteiger partial charge in [-0.2, -0.15) is 4.31 Å². The number of methoxy groups -OCH3 is 1. The lowest BCUT2D eigenvalue weighted by Crippen LogP contribution is -2.32. The Bertz CT molecular complexity index is 1130. The third-order valence-corrected chi connectivity index (χ3v) is 6.91. The van der Waals surface area contributed by atoms with Crippen molar-refractivity contribution in [3.05, 3.63) is 53.6 Å². The van der Waals surface area contributed by atoms with Crippen LogP contribution in [0, 0.1) is 6.92 Å². The van der Waals surface area contributed by atoms with Gasteiger partial charge in [-0.15, -0.1) is 0 Å². The number of anilines is 1. The smallest absolute Gasteiger partial charge is 0.325 e. The molecule has 10 nitrogen and oxygen atoms in total. The SMILES string of the molecule is CCN(CC)S(=O)(=O)c1ccc(C(=O)NCC(=O)OCC(=O)Nc2cc(C)ccc2OC)cc1. The van der Waals surface area contributed by atoms with E-state index in [2.05, 4.69) is 10.6 Å². The number of amides is 2. The van der Waals surface area contributed by atoms with Crippen LogP contribution in [0.5, 0.6) is 5.75 Å². The van der Waals surface area contributed by atoms with Crippen LogP contribution in [0.1, 0.15) is 29.8 Å². The molecule has 0 radical (unpaired) electrons. The first-order valence-electron chi connectivity index (χ1n) is 10.6. The maximum Gasteiger partial charge on any atom is 0.325 e. The van der Waals surface area contributed by atoms with E-state index in [1.165, 1.54) is 35.7 Å². The minimum atomic E-state index is -3.63. The Hall–Kier alpha value is -3.44. The molecule has 184 valence electrons. The molecule has 34 heavy (non-hydrogen) atoms. The quantitative estimate of drug-likeness (QED) is 0.459. The molecule has 2 amide bonds. The van der Waals surface area contributed by atoms with Crippen LogP contribution in [0.3, 0.4) is 0 Å². The minimum absolute atomic E-state index is 0.0726. The number of carbonyl (C=O) groups is 3. The summed E-state index contributed by atoms with van der Waals surface area (Å²) in [6.07, 6.45) is 0. The Morgan fingerprint density at radius 1 is 1.00 bits per heavy atom. The van der Waals surface area contributed by atoms with Gasteiger partial charge in [0.1, 0.15) is 12.3 Å². The van der Waals surface area contributed by atoms with Gasteiger partial charge in [-0.05, 0) is 48.9 Å². The number of benzene rings is 2. The molecule has 0 unspecified atom stereocenters.